The number of aliphatic hydroxyl groups is 1. The molecule has 0 spiro atoms. The lowest BCUT2D eigenvalue weighted by molar-refractivity contribution is -0.0483. The van der Waals surface area contributed by atoms with Gasteiger partial charge in [-0.05, 0) is 12.8 Å². The predicted molar refractivity (Wildman–Crippen MR) is 203 cm³/mol. The van der Waals surface area contributed by atoms with Crippen LogP contribution >= 0.6 is 0 Å². The molecular formula is C39H80O13. The van der Waals surface area contributed by atoms with Gasteiger partial charge in [0.2, 0.25) is 0 Å². The van der Waals surface area contributed by atoms with Gasteiger partial charge in [-0.15, -0.1) is 0 Å². The Morgan fingerprint density at radius 3 is 0.904 bits per heavy atom. The molecule has 13 heteroatoms. The first kappa shape index (κ1) is 51.5. The average molecular weight is 757 g/mol. The van der Waals surface area contributed by atoms with E-state index < -0.39 is 0 Å². The molecule has 0 aliphatic rings. The third kappa shape index (κ3) is 45.6. The van der Waals surface area contributed by atoms with Crippen LogP contribution in [0.15, 0.2) is 0 Å². The van der Waals surface area contributed by atoms with E-state index in [1.54, 1.807) is 0 Å². The van der Waals surface area contributed by atoms with Gasteiger partial charge in [-0.2, -0.15) is 0 Å². The van der Waals surface area contributed by atoms with Crippen molar-refractivity contribution in [2.75, 3.05) is 159 Å². The van der Waals surface area contributed by atoms with Crippen LogP contribution in [0, 0.1) is 0 Å². The van der Waals surface area contributed by atoms with E-state index in [-0.39, 0.29) is 12.7 Å². The second-order valence-corrected chi connectivity index (χ2v) is 12.4. The molecule has 0 aliphatic carbocycles. The molecule has 0 aromatic carbocycles. The summed E-state index contributed by atoms with van der Waals surface area (Å²) < 4.78 is 66.3. The highest BCUT2D eigenvalue weighted by Crippen LogP contribution is 2.11. The highest BCUT2D eigenvalue weighted by atomic mass is 16.6. The molecule has 0 aromatic heterocycles. The Morgan fingerprint density at radius 2 is 0.596 bits per heavy atom. The minimum absolute atomic E-state index is 0.0268. The van der Waals surface area contributed by atoms with Crippen LogP contribution in [-0.4, -0.2) is 170 Å². The minimum atomic E-state index is 0.0268. The number of ether oxygens (including phenoxy) is 12. The van der Waals surface area contributed by atoms with Crippen molar-refractivity contribution in [2.45, 2.75) is 97.0 Å². The number of unbranched alkanes of at least 4 members (excludes halogenated alkanes) is 10. The van der Waals surface area contributed by atoms with Crippen LogP contribution in [0.3, 0.4) is 0 Å². The maximum absolute atomic E-state index is 8.59. The summed E-state index contributed by atoms with van der Waals surface area (Å²) in [6.07, 6.45) is 15.9. The molecule has 1 unspecified atom stereocenters. The second-order valence-electron chi connectivity index (χ2n) is 12.4. The van der Waals surface area contributed by atoms with Crippen molar-refractivity contribution in [3.63, 3.8) is 0 Å². The van der Waals surface area contributed by atoms with Gasteiger partial charge in [-0.1, -0.05) is 78.1 Å². The van der Waals surface area contributed by atoms with Gasteiger partial charge in [0.05, 0.1) is 158 Å². The Hall–Kier alpha value is -0.520. The number of aliphatic hydroxyl groups excluding tert-OH is 1. The SMILES string of the molecule is CCCCCCCCCCCCCOCC(CC)OCCOCCOCCOCCOCCOCCOCCOCCOCCOCCOCCO. The first-order valence-electron chi connectivity index (χ1n) is 20.4. The summed E-state index contributed by atoms with van der Waals surface area (Å²) in [5, 5.41) is 8.59. The fourth-order valence-electron chi connectivity index (χ4n) is 4.79. The topological polar surface area (TPSA) is 131 Å². The highest BCUT2D eigenvalue weighted by molar-refractivity contribution is 4.54. The number of hydrogen-bond donors (Lipinski definition) is 1. The summed E-state index contributed by atoms with van der Waals surface area (Å²) in [4.78, 5) is 0. The van der Waals surface area contributed by atoms with Crippen LogP contribution in [-0.2, 0) is 56.8 Å². The molecule has 0 amide bonds. The fraction of sp³-hybridized carbons (Fsp3) is 1.00. The van der Waals surface area contributed by atoms with E-state index in [1.807, 2.05) is 0 Å². The molecule has 0 saturated carbocycles. The van der Waals surface area contributed by atoms with Gasteiger partial charge in [0.25, 0.3) is 0 Å². The van der Waals surface area contributed by atoms with Crippen molar-refractivity contribution >= 4 is 0 Å². The second kappa shape index (κ2) is 48.5. The van der Waals surface area contributed by atoms with Crippen molar-refractivity contribution < 1.29 is 61.9 Å². The Bertz CT molecular complexity index is 621. The zero-order chi connectivity index (χ0) is 37.5. The zero-order valence-corrected chi connectivity index (χ0v) is 33.4. The predicted octanol–water partition coefficient (Wildman–Crippen LogP) is 5.27. The third-order valence-electron chi connectivity index (χ3n) is 7.82. The normalized spacial score (nSPS) is 12.3. The first-order chi connectivity index (χ1) is 25.8. The van der Waals surface area contributed by atoms with E-state index in [9.17, 15) is 0 Å². The molecule has 13 nitrogen and oxygen atoms in total. The Kier molecular flexibility index (Phi) is 48.0. The molecule has 1 N–H and O–H groups in total. The molecule has 0 aliphatic heterocycles. The van der Waals surface area contributed by atoms with E-state index >= 15 is 0 Å². The lowest BCUT2D eigenvalue weighted by Gasteiger charge is -2.16. The first-order valence-corrected chi connectivity index (χ1v) is 20.4. The number of hydrogen-bond acceptors (Lipinski definition) is 13. The fourth-order valence-corrected chi connectivity index (χ4v) is 4.79. The van der Waals surface area contributed by atoms with Gasteiger partial charge in [0.1, 0.15) is 0 Å². The summed E-state index contributed by atoms with van der Waals surface area (Å²) >= 11 is 0. The smallest absolute Gasteiger partial charge is 0.0807 e. The van der Waals surface area contributed by atoms with E-state index in [0.29, 0.717) is 145 Å². The van der Waals surface area contributed by atoms with Crippen LogP contribution in [0.4, 0.5) is 0 Å². The summed E-state index contributed by atoms with van der Waals surface area (Å²) in [5.74, 6) is 0. The molecule has 0 radical (unpaired) electrons. The van der Waals surface area contributed by atoms with Gasteiger partial charge in [-0.25, -0.2) is 0 Å². The Labute approximate surface area is 317 Å². The molecule has 314 valence electrons. The van der Waals surface area contributed by atoms with Crippen LogP contribution in [0.25, 0.3) is 0 Å². The Morgan fingerprint density at radius 1 is 0.308 bits per heavy atom. The van der Waals surface area contributed by atoms with Gasteiger partial charge in [0, 0.05) is 6.61 Å². The molecule has 0 fully saturated rings. The molecule has 0 saturated heterocycles. The highest BCUT2D eigenvalue weighted by Gasteiger charge is 2.07. The van der Waals surface area contributed by atoms with Crippen molar-refractivity contribution in [3.8, 4) is 0 Å². The largest absolute Gasteiger partial charge is 0.394 e. The van der Waals surface area contributed by atoms with Crippen molar-refractivity contribution in [2.24, 2.45) is 0 Å². The van der Waals surface area contributed by atoms with Crippen molar-refractivity contribution in [3.05, 3.63) is 0 Å². The molecule has 0 bridgehead atoms. The zero-order valence-electron chi connectivity index (χ0n) is 33.4. The van der Waals surface area contributed by atoms with Crippen LogP contribution in [0.5, 0.6) is 0 Å². The van der Waals surface area contributed by atoms with E-state index in [1.165, 1.54) is 64.2 Å². The van der Waals surface area contributed by atoms with Crippen molar-refractivity contribution in [1.82, 2.24) is 0 Å². The quantitative estimate of drug-likeness (QED) is 0.0811. The summed E-state index contributed by atoms with van der Waals surface area (Å²) in [6, 6.07) is 0. The van der Waals surface area contributed by atoms with E-state index in [4.69, 9.17) is 61.9 Å². The maximum atomic E-state index is 8.59. The lowest BCUT2D eigenvalue weighted by atomic mass is 10.1. The van der Waals surface area contributed by atoms with Crippen LogP contribution < -0.4 is 0 Å². The molecule has 0 heterocycles. The molecular weight excluding hydrogens is 676 g/mol. The molecule has 1 atom stereocenters. The van der Waals surface area contributed by atoms with E-state index in [2.05, 4.69) is 13.8 Å². The van der Waals surface area contributed by atoms with E-state index in [0.717, 1.165) is 19.4 Å². The van der Waals surface area contributed by atoms with Gasteiger partial charge >= 0.3 is 0 Å². The molecule has 0 aromatic rings. The summed E-state index contributed by atoms with van der Waals surface area (Å²) in [6.45, 7) is 16.6. The summed E-state index contributed by atoms with van der Waals surface area (Å²) in [5.41, 5.74) is 0. The third-order valence-corrected chi connectivity index (χ3v) is 7.82. The lowest BCUT2D eigenvalue weighted by Crippen LogP contribution is -2.22. The molecule has 0 rings (SSSR count). The minimum Gasteiger partial charge on any atom is -0.394 e. The maximum Gasteiger partial charge on any atom is 0.0807 e. The van der Waals surface area contributed by atoms with Crippen LogP contribution in [0.1, 0.15) is 90.9 Å². The molecule has 52 heavy (non-hydrogen) atoms. The number of rotatable bonds is 48. The Balaban J connectivity index is 3.19. The van der Waals surface area contributed by atoms with Crippen LogP contribution in [0.2, 0.25) is 0 Å². The average Bonchev–Trinajstić information content (AvgIpc) is 3.16. The van der Waals surface area contributed by atoms with Gasteiger partial charge in [0.15, 0.2) is 0 Å². The monoisotopic (exact) mass is 757 g/mol. The van der Waals surface area contributed by atoms with Gasteiger partial charge in [-0.3, -0.25) is 0 Å². The van der Waals surface area contributed by atoms with Crippen molar-refractivity contribution in [1.29, 1.82) is 0 Å². The standard InChI is InChI=1S/C39H80O13/c1-3-5-6-7-8-9-10-11-12-13-14-16-51-38-39(4-2)52-37-36-50-35-34-49-33-32-48-31-30-47-29-28-46-27-26-45-25-24-44-23-22-43-21-20-42-19-18-41-17-15-40/h39-40H,3-38H2,1-2H3. The summed E-state index contributed by atoms with van der Waals surface area (Å²) in [7, 11) is 0. The van der Waals surface area contributed by atoms with Gasteiger partial charge < -0.3 is 61.9 Å².